The van der Waals surface area contributed by atoms with Crippen molar-refractivity contribution < 1.29 is 19.2 Å². The molecule has 1 atom stereocenters. The van der Waals surface area contributed by atoms with E-state index in [4.69, 9.17) is 19.2 Å². The van der Waals surface area contributed by atoms with Crippen LogP contribution >= 0.6 is 15.9 Å². The molecule has 1 aliphatic heterocycles. The summed E-state index contributed by atoms with van der Waals surface area (Å²) in [5.74, 6) is 0. The Morgan fingerprint density at radius 1 is 1.86 bits per heavy atom. The van der Waals surface area contributed by atoms with E-state index in [0.717, 1.165) is 0 Å². The maximum Gasteiger partial charge on any atom is 0.0657 e. The molecule has 0 aliphatic carbocycles. The molecule has 14 heavy (non-hydrogen) atoms. The van der Waals surface area contributed by atoms with Crippen molar-refractivity contribution in [2.24, 2.45) is 0 Å². The number of rotatable bonds is 1. The molecule has 1 unspecified atom stereocenters. The number of benzene rings is 1. The molecular formula is C11H15BrN2. The van der Waals surface area contributed by atoms with Gasteiger partial charge in [0.25, 0.3) is 0 Å². The van der Waals surface area contributed by atoms with Gasteiger partial charge in [-0.05, 0) is 25.0 Å². The first-order valence-corrected chi connectivity index (χ1v) is 4.40. The average Bonchev–Trinajstić information content (AvgIpc) is 2.50. The minimum Gasteiger partial charge on any atom is -0.366 e. The lowest BCUT2D eigenvalue weighted by molar-refractivity contribution is 0.501. The molecule has 0 saturated carbocycles. The Balaban J connectivity index is 3.07. The average molecular weight is 269 g/mol. The van der Waals surface area contributed by atoms with Gasteiger partial charge in [-0.15, -0.1) is 0 Å². The number of nitrogens with one attached hydrogen (secondary N) is 1. The summed E-state index contributed by atoms with van der Waals surface area (Å²) in [5, 5.41) is 1.58. The van der Waals surface area contributed by atoms with Gasteiger partial charge in [-0.25, -0.2) is 0 Å². The standard InChI is InChI=1S/C11H15BrN2/c1-9-8-13-5-6-14(9)11-4-2-3-10(12)7-11/h2-4,7,9,13H,5-6,8H2,1H3/i1D3,2D,3D,4D,5D2,6D2,7D,8D2,9D. The van der Waals surface area contributed by atoms with Crippen molar-refractivity contribution in [1.82, 2.24) is 5.32 Å². The van der Waals surface area contributed by atoms with E-state index in [1.807, 2.05) is 0 Å². The number of anilines is 1. The Labute approximate surface area is 113 Å². The van der Waals surface area contributed by atoms with Crippen LogP contribution in [-0.4, -0.2) is 25.5 Å². The molecule has 0 radical (unpaired) electrons. The zero-order valence-electron chi connectivity index (χ0n) is 20.8. The third-order valence-electron chi connectivity index (χ3n) is 1.44. The summed E-state index contributed by atoms with van der Waals surface area (Å²) in [4.78, 5) is -0.115. The molecule has 1 heterocycles. The minimum absolute atomic E-state index is 0.115. The second-order valence-corrected chi connectivity index (χ2v) is 3.13. The zero-order chi connectivity index (χ0) is 22.2. The van der Waals surface area contributed by atoms with E-state index in [9.17, 15) is 0 Å². The number of hydrogen-bond donors (Lipinski definition) is 1. The van der Waals surface area contributed by atoms with E-state index < -0.39 is 66.7 Å². The number of piperazine rings is 1. The predicted octanol–water partition coefficient (Wildman–Crippen LogP) is 2.25. The van der Waals surface area contributed by atoms with Gasteiger partial charge < -0.3 is 10.2 Å². The summed E-state index contributed by atoms with van der Waals surface area (Å²) < 4.78 is 111. The predicted molar refractivity (Wildman–Crippen MR) is 63.8 cm³/mol. The summed E-state index contributed by atoms with van der Waals surface area (Å²) in [6.45, 7) is -13.6. The Hall–Kier alpha value is -0.540. The number of hydrogen-bond acceptors (Lipinski definition) is 2. The van der Waals surface area contributed by atoms with E-state index in [2.05, 4.69) is 15.9 Å². The van der Waals surface area contributed by atoms with Crippen LogP contribution < -0.4 is 10.2 Å². The van der Waals surface area contributed by atoms with Crippen molar-refractivity contribution in [3.05, 3.63) is 28.6 Å². The fraction of sp³-hybridized carbons (Fsp3) is 0.455. The highest BCUT2D eigenvalue weighted by Gasteiger charge is 2.17. The molecule has 2 nitrogen and oxygen atoms in total. The van der Waals surface area contributed by atoms with Crippen LogP contribution in [-0.2, 0) is 0 Å². The van der Waals surface area contributed by atoms with Gasteiger partial charge in [0.05, 0.1) is 9.60 Å². The van der Waals surface area contributed by atoms with Crippen molar-refractivity contribution >= 4 is 21.6 Å². The molecule has 1 aliphatic rings. The molecule has 1 N–H and O–H groups in total. The minimum atomic E-state index is -3.58. The first kappa shape index (κ1) is 2.58. The summed E-state index contributed by atoms with van der Waals surface area (Å²) >= 11 is 2.83. The fourth-order valence-corrected chi connectivity index (χ4v) is 1.16. The van der Waals surface area contributed by atoms with Crippen molar-refractivity contribution in [2.45, 2.75) is 12.9 Å². The van der Waals surface area contributed by atoms with Gasteiger partial charge >= 0.3 is 0 Å². The lowest BCUT2D eigenvalue weighted by atomic mass is 10.2. The summed E-state index contributed by atoms with van der Waals surface area (Å²) in [5.41, 5.74) is -0.988. The normalized spacial score (nSPS) is 53.9. The molecule has 1 aromatic rings. The van der Waals surface area contributed by atoms with Crippen LogP contribution in [0.1, 0.15) is 26.0 Å². The van der Waals surface area contributed by atoms with Gasteiger partial charge in [-0.2, -0.15) is 0 Å². The molecule has 0 bridgehead atoms. The third-order valence-corrected chi connectivity index (χ3v) is 1.84. The topological polar surface area (TPSA) is 15.3 Å². The molecule has 76 valence electrons. The molecule has 1 saturated heterocycles. The molecule has 2 rings (SSSR count). The second-order valence-electron chi connectivity index (χ2n) is 2.33. The maximum atomic E-state index is 8.42. The first-order chi connectivity index (χ1) is 12.3. The Morgan fingerprint density at radius 2 is 2.79 bits per heavy atom. The monoisotopic (exact) mass is 268 g/mol. The van der Waals surface area contributed by atoms with Crippen LogP contribution in [0.3, 0.4) is 0 Å². The summed E-state index contributed by atoms with van der Waals surface area (Å²) in [7, 11) is 0. The van der Waals surface area contributed by atoms with Crippen LogP contribution in [0.4, 0.5) is 5.69 Å². The van der Waals surface area contributed by atoms with E-state index in [0.29, 0.717) is 0 Å². The van der Waals surface area contributed by atoms with Crippen LogP contribution in [0.2, 0.25) is 0 Å². The van der Waals surface area contributed by atoms with E-state index in [-0.39, 0.29) is 4.90 Å². The van der Waals surface area contributed by atoms with Gasteiger partial charge in [0, 0.05) is 45.3 Å². The lowest BCUT2D eigenvalue weighted by Crippen LogP contribution is -2.49. The highest BCUT2D eigenvalue weighted by molar-refractivity contribution is 9.10. The van der Waals surface area contributed by atoms with Crippen LogP contribution in [0.15, 0.2) is 28.6 Å². The maximum absolute atomic E-state index is 8.42. The second kappa shape index (κ2) is 4.32. The highest BCUT2D eigenvalue weighted by atomic mass is 79.9. The summed E-state index contributed by atoms with van der Waals surface area (Å²) in [6, 6.07) is -6.83. The summed E-state index contributed by atoms with van der Waals surface area (Å²) in [6.07, 6.45) is 0. The molecule has 1 aromatic carbocycles. The first-order valence-electron chi connectivity index (χ1n) is 10.6. The number of halogens is 1. The molecule has 3 heteroatoms. The zero-order valence-corrected chi connectivity index (χ0v) is 8.41. The van der Waals surface area contributed by atoms with Gasteiger partial charge in [0.15, 0.2) is 0 Å². The number of nitrogens with zero attached hydrogens (tertiary/aromatic N) is 1. The molecule has 0 spiro atoms. The Bertz CT molecular complexity index is 791. The highest BCUT2D eigenvalue weighted by Crippen LogP contribution is 2.22. The van der Waals surface area contributed by atoms with E-state index in [1.54, 1.807) is 5.32 Å². The van der Waals surface area contributed by atoms with Crippen molar-refractivity contribution in [2.75, 3.05) is 24.4 Å². The van der Waals surface area contributed by atoms with E-state index in [1.165, 1.54) is 0 Å². The molecule has 1 fully saturated rings. The van der Waals surface area contributed by atoms with Gasteiger partial charge in [-0.3, -0.25) is 0 Å². The molecule has 0 amide bonds. The quantitative estimate of drug-likeness (QED) is 0.841. The van der Waals surface area contributed by atoms with Crippen LogP contribution in [0, 0.1) is 0 Å². The van der Waals surface area contributed by atoms with Gasteiger partial charge in [-0.1, -0.05) is 22.0 Å². The van der Waals surface area contributed by atoms with Gasteiger partial charge in [0.2, 0.25) is 0 Å². The van der Waals surface area contributed by atoms with Crippen molar-refractivity contribution in [3.63, 3.8) is 0 Å². The van der Waals surface area contributed by atoms with Crippen molar-refractivity contribution in [3.8, 4) is 0 Å². The van der Waals surface area contributed by atoms with Gasteiger partial charge in [0.1, 0.15) is 0 Å². The largest absolute Gasteiger partial charge is 0.366 e. The van der Waals surface area contributed by atoms with E-state index >= 15 is 0 Å². The fourth-order valence-electron chi connectivity index (χ4n) is 0.877. The Kier molecular flexibility index (Phi) is 0.796. The Morgan fingerprint density at radius 3 is 3.64 bits per heavy atom. The third kappa shape index (κ3) is 2.10. The van der Waals surface area contributed by atoms with Crippen LogP contribution in [0.5, 0.6) is 0 Å². The lowest BCUT2D eigenvalue weighted by Gasteiger charge is -2.36. The SMILES string of the molecule is [2H]c1c([2H])c(Br)c([2H])c(N2C([2H])([2H])C([2H])([2H])NC([2H])([2H])C2([2H])C([2H])([2H])[2H])c1[2H]. The van der Waals surface area contributed by atoms with Crippen molar-refractivity contribution in [1.29, 1.82) is 0 Å². The molecule has 0 aromatic heterocycles. The van der Waals surface area contributed by atoms with Crippen LogP contribution in [0.25, 0.3) is 0 Å². The molecular weight excluding hydrogens is 240 g/mol. The smallest absolute Gasteiger partial charge is 0.0657 e.